The number of hydrogen-bond acceptors (Lipinski definition) is 3. The molecule has 0 rings (SSSR count). The number of nitrogens with two attached hydrogens (primary N) is 1. The van der Waals surface area contributed by atoms with E-state index in [0.717, 1.165) is 0 Å². The third-order valence-corrected chi connectivity index (χ3v) is 1.50. The molecule has 0 saturated heterocycles. The lowest BCUT2D eigenvalue weighted by atomic mass is 10.1. The second-order valence-corrected chi connectivity index (χ2v) is 2.67. The van der Waals surface area contributed by atoms with E-state index in [1.54, 1.807) is 0 Å². The first-order chi connectivity index (χ1) is 5.22. The summed E-state index contributed by atoms with van der Waals surface area (Å²) < 4.78 is 4.97. The van der Waals surface area contributed by atoms with Crippen molar-refractivity contribution in [3.8, 4) is 0 Å². The van der Waals surface area contributed by atoms with Crippen LogP contribution in [0, 0.1) is 5.92 Å². The molecule has 0 aliphatic carbocycles. The van der Waals surface area contributed by atoms with Crippen LogP contribution in [0.4, 0.5) is 0 Å². The standard InChI is InChI=1S/C7H16N2O2/c1-6(2)7(9-5-10)3-11-4-8/h5-7H,3-4,8H2,1-2H3,(H,9,10)/t7-/m1/s1. The van der Waals surface area contributed by atoms with Gasteiger partial charge in [-0.05, 0) is 5.92 Å². The van der Waals surface area contributed by atoms with Crippen LogP contribution in [0.25, 0.3) is 0 Å². The molecule has 4 heteroatoms. The Balaban J connectivity index is 3.59. The largest absolute Gasteiger partial charge is 0.364 e. The first kappa shape index (κ1) is 10.4. The van der Waals surface area contributed by atoms with E-state index in [1.165, 1.54) is 0 Å². The molecule has 3 N–H and O–H groups in total. The zero-order chi connectivity index (χ0) is 8.69. The molecule has 1 atom stereocenters. The van der Waals surface area contributed by atoms with E-state index in [1.807, 2.05) is 13.8 Å². The molecule has 0 aromatic heterocycles. The maximum absolute atomic E-state index is 10.1. The summed E-state index contributed by atoms with van der Waals surface area (Å²) in [5, 5.41) is 2.66. The van der Waals surface area contributed by atoms with Crippen molar-refractivity contribution in [3.63, 3.8) is 0 Å². The molecule has 1 amide bonds. The van der Waals surface area contributed by atoms with Gasteiger partial charge in [0.1, 0.15) is 0 Å². The predicted molar refractivity (Wildman–Crippen MR) is 42.8 cm³/mol. The lowest BCUT2D eigenvalue weighted by Gasteiger charge is -2.18. The maximum Gasteiger partial charge on any atom is 0.207 e. The smallest absolute Gasteiger partial charge is 0.207 e. The average molecular weight is 160 g/mol. The molecule has 0 aromatic rings. The molecule has 0 radical (unpaired) electrons. The van der Waals surface area contributed by atoms with Gasteiger partial charge in [0.2, 0.25) is 6.41 Å². The Morgan fingerprint density at radius 3 is 2.64 bits per heavy atom. The van der Waals surface area contributed by atoms with Crippen LogP contribution in [-0.4, -0.2) is 25.8 Å². The highest BCUT2D eigenvalue weighted by molar-refractivity contribution is 5.46. The minimum absolute atomic E-state index is 0.0658. The molecular weight excluding hydrogens is 144 g/mol. The molecule has 0 aliphatic heterocycles. The molecule has 0 heterocycles. The summed E-state index contributed by atoms with van der Waals surface area (Å²) in [6.07, 6.45) is 0.685. The van der Waals surface area contributed by atoms with Crippen molar-refractivity contribution >= 4 is 6.41 Å². The Kier molecular flexibility index (Phi) is 5.78. The van der Waals surface area contributed by atoms with Crippen molar-refractivity contribution in [2.24, 2.45) is 11.7 Å². The quantitative estimate of drug-likeness (QED) is 0.414. The van der Waals surface area contributed by atoms with Crippen molar-refractivity contribution in [1.82, 2.24) is 5.32 Å². The van der Waals surface area contributed by atoms with Gasteiger partial charge in [-0.3, -0.25) is 4.79 Å². The number of nitrogens with one attached hydrogen (secondary N) is 1. The first-order valence-corrected chi connectivity index (χ1v) is 3.69. The number of amides is 1. The molecule has 0 saturated carbocycles. The summed E-state index contributed by atoms with van der Waals surface area (Å²) >= 11 is 0. The van der Waals surface area contributed by atoms with E-state index < -0.39 is 0 Å². The monoisotopic (exact) mass is 160 g/mol. The van der Waals surface area contributed by atoms with Crippen molar-refractivity contribution < 1.29 is 9.53 Å². The van der Waals surface area contributed by atoms with Gasteiger partial charge in [0, 0.05) is 0 Å². The van der Waals surface area contributed by atoms with Crippen molar-refractivity contribution in [2.45, 2.75) is 19.9 Å². The Labute approximate surface area is 67.1 Å². The van der Waals surface area contributed by atoms with Crippen molar-refractivity contribution in [1.29, 1.82) is 0 Å². The number of ether oxygens (including phenoxy) is 1. The van der Waals surface area contributed by atoms with Crippen LogP contribution in [0.5, 0.6) is 0 Å². The predicted octanol–water partition coefficient (Wildman–Crippen LogP) is -0.310. The fourth-order valence-corrected chi connectivity index (χ4v) is 0.715. The Morgan fingerprint density at radius 1 is 1.64 bits per heavy atom. The number of rotatable bonds is 6. The van der Waals surface area contributed by atoms with Crippen LogP contribution in [0.1, 0.15) is 13.8 Å². The van der Waals surface area contributed by atoms with Gasteiger partial charge in [-0.15, -0.1) is 0 Å². The number of carbonyl (C=O) groups is 1. The van der Waals surface area contributed by atoms with Crippen LogP contribution in [0.15, 0.2) is 0 Å². The second-order valence-electron chi connectivity index (χ2n) is 2.67. The SMILES string of the molecule is CC(C)[C@@H](COCN)NC=O. The van der Waals surface area contributed by atoms with E-state index in [-0.39, 0.29) is 12.8 Å². The minimum Gasteiger partial charge on any atom is -0.364 e. The lowest BCUT2D eigenvalue weighted by Crippen LogP contribution is -2.37. The van der Waals surface area contributed by atoms with Gasteiger partial charge in [-0.1, -0.05) is 13.8 Å². The number of carbonyl (C=O) groups excluding carboxylic acids is 1. The lowest BCUT2D eigenvalue weighted by molar-refractivity contribution is -0.110. The molecule has 0 spiro atoms. The van der Waals surface area contributed by atoms with Crippen LogP contribution < -0.4 is 11.1 Å². The molecule has 66 valence electrons. The average Bonchev–Trinajstić information content (AvgIpc) is 1.97. The summed E-state index contributed by atoms with van der Waals surface area (Å²) in [5.41, 5.74) is 5.13. The molecule has 0 fully saturated rings. The molecule has 4 nitrogen and oxygen atoms in total. The van der Waals surface area contributed by atoms with E-state index in [2.05, 4.69) is 5.32 Å². The Bertz CT molecular complexity index is 107. The van der Waals surface area contributed by atoms with Crippen LogP contribution >= 0.6 is 0 Å². The topological polar surface area (TPSA) is 64.3 Å². The molecule has 0 bridgehead atoms. The van der Waals surface area contributed by atoms with Gasteiger partial charge in [0.05, 0.1) is 19.4 Å². The highest BCUT2D eigenvalue weighted by Crippen LogP contribution is 2.00. The third-order valence-electron chi connectivity index (χ3n) is 1.50. The fourth-order valence-electron chi connectivity index (χ4n) is 0.715. The summed E-state index contributed by atoms with van der Waals surface area (Å²) in [4.78, 5) is 10.1. The summed E-state index contributed by atoms with van der Waals surface area (Å²) in [6, 6.07) is 0.0658. The molecule has 0 aromatic carbocycles. The van der Waals surface area contributed by atoms with Crippen LogP contribution in [-0.2, 0) is 9.53 Å². The molecule has 0 unspecified atom stereocenters. The number of hydrogen-bond donors (Lipinski definition) is 2. The van der Waals surface area contributed by atoms with E-state index in [4.69, 9.17) is 10.5 Å². The van der Waals surface area contributed by atoms with E-state index in [0.29, 0.717) is 18.9 Å². The Morgan fingerprint density at radius 2 is 2.27 bits per heavy atom. The van der Waals surface area contributed by atoms with Gasteiger partial charge in [-0.25, -0.2) is 0 Å². The highest BCUT2D eigenvalue weighted by atomic mass is 16.5. The summed E-state index contributed by atoms with van der Waals surface area (Å²) in [7, 11) is 0. The van der Waals surface area contributed by atoms with Crippen molar-refractivity contribution in [2.75, 3.05) is 13.3 Å². The molecular formula is C7H16N2O2. The van der Waals surface area contributed by atoms with Gasteiger partial charge in [0.25, 0.3) is 0 Å². The maximum atomic E-state index is 10.1. The first-order valence-electron chi connectivity index (χ1n) is 3.69. The van der Waals surface area contributed by atoms with Crippen LogP contribution in [0.3, 0.4) is 0 Å². The Hall–Kier alpha value is -0.610. The van der Waals surface area contributed by atoms with Gasteiger partial charge >= 0.3 is 0 Å². The molecule has 11 heavy (non-hydrogen) atoms. The highest BCUT2D eigenvalue weighted by Gasteiger charge is 2.10. The van der Waals surface area contributed by atoms with Gasteiger partial charge in [0.15, 0.2) is 0 Å². The summed E-state index contributed by atoms with van der Waals surface area (Å²) in [6.45, 7) is 4.71. The third kappa shape index (κ3) is 4.75. The van der Waals surface area contributed by atoms with Gasteiger partial charge in [-0.2, -0.15) is 0 Å². The zero-order valence-corrected chi connectivity index (χ0v) is 7.04. The minimum atomic E-state index is 0.0658. The normalized spacial score (nSPS) is 13.1. The fraction of sp³-hybridized carbons (Fsp3) is 0.857. The van der Waals surface area contributed by atoms with E-state index in [9.17, 15) is 4.79 Å². The van der Waals surface area contributed by atoms with Crippen LogP contribution in [0.2, 0.25) is 0 Å². The second kappa shape index (κ2) is 6.12. The molecule has 0 aliphatic rings. The zero-order valence-electron chi connectivity index (χ0n) is 7.04. The summed E-state index contributed by atoms with van der Waals surface area (Å²) in [5.74, 6) is 0.367. The van der Waals surface area contributed by atoms with Crippen molar-refractivity contribution in [3.05, 3.63) is 0 Å². The van der Waals surface area contributed by atoms with Gasteiger partial charge < -0.3 is 15.8 Å². The van der Waals surface area contributed by atoms with E-state index >= 15 is 0 Å².